The number of nitrogens with zero attached hydrogens (tertiary/aromatic N) is 2. The predicted molar refractivity (Wildman–Crippen MR) is 51.7 cm³/mol. The van der Waals surface area contributed by atoms with Crippen LogP contribution in [-0.2, 0) is 4.57 Å². The van der Waals surface area contributed by atoms with Gasteiger partial charge in [-0.05, 0) is 12.1 Å². The van der Waals surface area contributed by atoms with Crippen LogP contribution in [0.2, 0.25) is 0 Å². The van der Waals surface area contributed by atoms with E-state index in [4.69, 9.17) is 9.05 Å². The van der Waals surface area contributed by atoms with E-state index in [0.29, 0.717) is 5.75 Å². The number of para-hydroxylation sites is 1. The van der Waals surface area contributed by atoms with Gasteiger partial charge in [-0.2, -0.15) is 14.8 Å². The third kappa shape index (κ3) is 2.75. The maximum absolute atomic E-state index is 11.3. The lowest BCUT2D eigenvalue weighted by Crippen LogP contribution is -1.88. The highest BCUT2D eigenvalue weighted by Crippen LogP contribution is 2.28. The molecule has 0 fully saturated rings. The van der Waals surface area contributed by atoms with Gasteiger partial charge >= 0.3 is 14.1 Å². The average Bonchev–Trinajstić information content (AvgIpc) is 2.71. The number of nitrogens with one attached hydrogen (secondary N) is 1. The summed E-state index contributed by atoms with van der Waals surface area (Å²) < 4.78 is 21.1. The molecule has 0 aliphatic carbocycles. The summed E-state index contributed by atoms with van der Waals surface area (Å²) >= 11 is 0. The molecule has 1 unspecified atom stereocenters. The zero-order valence-corrected chi connectivity index (χ0v) is 8.42. The Morgan fingerprint density at radius 2 is 2.00 bits per heavy atom. The first kappa shape index (κ1) is 9.61. The first-order valence-electron chi connectivity index (χ1n) is 4.08. The van der Waals surface area contributed by atoms with Crippen LogP contribution in [0.5, 0.6) is 11.6 Å². The van der Waals surface area contributed by atoms with Crippen molar-refractivity contribution >= 4 is 8.25 Å². The molecule has 7 heteroatoms. The summed E-state index contributed by atoms with van der Waals surface area (Å²) in [7, 11) is -2.28. The number of H-pyrrole nitrogens is 1. The molecule has 1 heterocycles. The maximum Gasteiger partial charge on any atom is 0.807 e. The van der Waals surface area contributed by atoms with E-state index < -0.39 is 8.25 Å². The van der Waals surface area contributed by atoms with Crippen molar-refractivity contribution in [1.29, 1.82) is 0 Å². The standard InChI is InChI=1S/C8H7N3O3P/c12-15(14-8-6-9-11-10-8)13-7-4-2-1-3-5-7/h1-6H,(H,9,10,11)/q+1. The monoisotopic (exact) mass is 224 g/mol. The van der Waals surface area contributed by atoms with E-state index in [-0.39, 0.29) is 5.88 Å². The van der Waals surface area contributed by atoms with Gasteiger partial charge in [0.15, 0.2) is 5.75 Å². The molecule has 2 aromatic rings. The van der Waals surface area contributed by atoms with Crippen LogP contribution in [0.25, 0.3) is 0 Å². The van der Waals surface area contributed by atoms with Crippen LogP contribution in [0.1, 0.15) is 0 Å². The summed E-state index contributed by atoms with van der Waals surface area (Å²) in [6, 6.07) is 8.74. The second-order valence-corrected chi connectivity index (χ2v) is 3.34. The van der Waals surface area contributed by atoms with Gasteiger partial charge in [0, 0.05) is 4.57 Å². The van der Waals surface area contributed by atoms with Crippen LogP contribution in [0.15, 0.2) is 36.5 Å². The molecular weight excluding hydrogens is 217 g/mol. The van der Waals surface area contributed by atoms with Gasteiger partial charge in [0.2, 0.25) is 0 Å². The highest BCUT2D eigenvalue weighted by molar-refractivity contribution is 7.34. The van der Waals surface area contributed by atoms with Gasteiger partial charge in [-0.25, -0.2) is 4.52 Å². The number of hydrogen-bond acceptors (Lipinski definition) is 5. The summed E-state index contributed by atoms with van der Waals surface area (Å²) in [5.74, 6) is 0.606. The number of aromatic amines is 1. The predicted octanol–water partition coefficient (Wildman–Crippen LogP) is 1.92. The van der Waals surface area contributed by atoms with Crippen molar-refractivity contribution in [3.8, 4) is 11.6 Å². The number of benzene rings is 1. The number of hydrogen-bond donors (Lipinski definition) is 1. The highest BCUT2D eigenvalue weighted by Gasteiger charge is 2.25. The lowest BCUT2D eigenvalue weighted by atomic mass is 10.3. The SMILES string of the molecule is O=[P+](Oc1ccccc1)Oc1cn[nH]n1. The fourth-order valence-corrected chi connectivity index (χ4v) is 1.47. The highest BCUT2D eigenvalue weighted by atomic mass is 31.1. The summed E-state index contributed by atoms with van der Waals surface area (Å²) in [4.78, 5) is 0. The molecule has 0 aliphatic heterocycles. The van der Waals surface area contributed by atoms with Crippen molar-refractivity contribution in [2.24, 2.45) is 0 Å². The number of rotatable bonds is 4. The van der Waals surface area contributed by atoms with Gasteiger partial charge in [-0.3, -0.25) is 0 Å². The Hall–Kier alpha value is -1.94. The van der Waals surface area contributed by atoms with E-state index in [9.17, 15) is 4.57 Å². The van der Waals surface area contributed by atoms with Crippen LogP contribution < -0.4 is 9.05 Å². The van der Waals surface area contributed by atoms with E-state index in [1.807, 2.05) is 6.07 Å². The van der Waals surface area contributed by atoms with E-state index in [1.54, 1.807) is 24.3 Å². The maximum atomic E-state index is 11.3. The minimum Gasteiger partial charge on any atom is -0.222 e. The summed E-state index contributed by atoms with van der Waals surface area (Å²) in [6.45, 7) is 0. The molecule has 0 radical (unpaired) electrons. The topological polar surface area (TPSA) is 77.1 Å². The molecule has 1 aromatic heterocycles. The summed E-state index contributed by atoms with van der Waals surface area (Å²) in [5, 5.41) is 9.40. The molecule has 15 heavy (non-hydrogen) atoms. The van der Waals surface area contributed by atoms with Crippen LogP contribution >= 0.6 is 8.25 Å². The normalized spacial score (nSPS) is 10.8. The molecule has 1 N–H and O–H groups in total. The van der Waals surface area contributed by atoms with E-state index in [1.165, 1.54) is 6.20 Å². The van der Waals surface area contributed by atoms with Crippen LogP contribution in [-0.4, -0.2) is 15.4 Å². The quantitative estimate of drug-likeness (QED) is 0.802. The van der Waals surface area contributed by atoms with Crippen molar-refractivity contribution in [2.45, 2.75) is 0 Å². The van der Waals surface area contributed by atoms with Crippen LogP contribution in [0, 0.1) is 0 Å². The van der Waals surface area contributed by atoms with Gasteiger partial charge in [-0.1, -0.05) is 18.2 Å². The molecule has 0 spiro atoms. The molecule has 1 atom stereocenters. The second-order valence-electron chi connectivity index (χ2n) is 2.53. The molecular formula is C8H7N3O3P+. The van der Waals surface area contributed by atoms with Crippen LogP contribution in [0.3, 0.4) is 0 Å². The molecule has 0 bridgehead atoms. The first-order chi connectivity index (χ1) is 7.34. The largest absolute Gasteiger partial charge is 0.807 e. The minimum atomic E-state index is -2.28. The Kier molecular flexibility index (Phi) is 2.90. The first-order valence-corrected chi connectivity index (χ1v) is 5.18. The van der Waals surface area contributed by atoms with E-state index in [0.717, 1.165) is 0 Å². The summed E-state index contributed by atoms with van der Waals surface area (Å²) in [5.41, 5.74) is 0. The lowest BCUT2D eigenvalue weighted by molar-refractivity contribution is 0.409. The smallest absolute Gasteiger partial charge is 0.222 e. The molecule has 6 nitrogen and oxygen atoms in total. The Labute approximate surface area is 86.2 Å². The fourth-order valence-electron chi connectivity index (χ4n) is 0.898. The van der Waals surface area contributed by atoms with Crippen molar-refractivity contribution in [3.63, 3.8) is 0 Å². The van der Waals surface area contributed by atoms with Crippen LogP contribution in [0.4, 0.5) is 0 Å². The van der Waals surface area contributed by atoms with E-state index >= 15 is 0 Å². The summed E-state index contributed by atoms with van der Waals surface area (Å²) in [6.07, 6.45) is 1.31. The molecule has 1 aromatic carbocycles. The Morgan fingerprint density at radius 3 is 2.67 bits per heavy atom. The zero-order valence-electron chi connectivity index (χ0n) is 7.53. The van der Waals surface area contributed by atoms with Crippen molar-refractivity contribution < 1.29 is 13.6 Å². The minimum absolute atomic E-state index is 0.132. The van der Waals surface area contributed by atoms with Gasteiger partial charge in [-0.15, -0.1) is 5.10 Å². The Bertz CT molecular complexity index is 432. The zero-order chi connectivity index (χ0) is 10.5. The molecule has 0 saturated carbocycles. The van der Waals surface area contributed by atoms with Gasteiger partial charge in [0.1, 0.15) is 6.20 Å². The third-order valence-corrected chi connectivity index (χ3v) is 2.18. The van der Waals surface area contributed by atoms with Crippen molar-refractivity contribution in [2.75, 3.05) is 0 Å². The third-order valence-electron chi connectivity index (χ3n) is 1.48. The van der Waals surface area contributed by atoms with Gasteiger partial charge in [0.25, 0.3) is 0 Å². The lowest BCUT2D eigenvalue weighted by Gasteiger charge is -1.89. The Morgan fingerprint density at radius 1 is 1.20 bits per heavy atom. The van der Waals surface area contributed by atoms with Crippen molar-refractivity contribution in [1.82, 2.24) is 15.4 Å². The van der Waals surface area contributed by atoms with Crippen molar-refractivity contribution in [3.05, 3.63) is 36.5 Å². The average molecular weight is 224 g/mol. The van der Waals surface area contributed by atoms with Gasteiger partial charge < -0.3 is 0 Å². The second kappa shape index (κ2) is 4.52. The molecule has 0 saturated heterocycles. The van der Waals surface area contributed by atoms with Gasteiger partial charge in [0.05, 0.1) is 0 Å². The van der Waals surface area contributed by atoms with E-state index in [2.05, 4.69) is 15.4 Å². The molecule has 76 valence electrons. The molecule has 0 aliphatic rings. The Balaban J connectivity index is 1.94. The number of aromatic nitrogens is 3. The molecule has 0 amide bonds. The molecule has 2 rings (SSSR count). The fraction of sp³-hybridized carbons (Fsp3) is 0.